The van der Waals surface area contributed by atoms with Crippen molar-refractivity contribution in [3.05, 3.63) is 52.7 Å². The van der Waals surface area contributed by atoms with Crippen LogP contribution in [0.5, 0.6) is 0 Å². The fourth-order valence-electron chi connectivity index (χ4n) is 1.79. The van der Waals surface area contributed by atoms with Crippen molar-refractivity contribution in [2.24, 2.45) is 0 Å². The normalized spacial score (nSPS) is 10.1. The Balaban J connectivity index is 2.37. The number of hydrogen-bond acceptors (Lipinski definition) is 3. The molecule has 3 heteroatoms. The first kappa shape index (κ1) is 12.7. The third-order valence-electron chi connectivity index (χ3n) is 2.54. The average Bonchev–Trinajstić information content (AvgIpc) is 2.30. The maximum absolute atomic E-state index is 9.15. The summed E-state index contributed by atoms with van der Waals surface area (Å²) in [6.07, 6.45) is 0. The molecule has 18 heavy (non-hydrogen) atoms. The second kappa shape index (κ2) is 5.24. The Hall–Kier alpha value is -1.79. The predicted octanol–water partition coefficient (Wildman–Crippen LogP) is 4.03. The van der Waals surface area contributed by atoms with Gasteiger partial charge in [-0.3, -0.25) is 0 Å². The second-order valence-corrected chi connectivity index (χ2v) is 5.40. The SMILES string of the molecule is Cc1cc(C)nc(Sc2ccc(C)cc2C#N)c1. The monoisotopic (exact) mass is 254 g/mol. The van der Waals surface area contributed by atoms with E-state index in [9.17, 15) is 0 Å². The van der Waals surface area contributed by atoms with E-state index in [4.69, 9.17) is 5.26 Å². The van der Waals surface area contributed by atoms with Gasteiger partial charge in [0.15, 0.2) is 0 Å². The van der Waals surface area contributed by atoms with Crippen LogP contribution < -0.4 is 0 Å². The third kappa shape index (κ3) is 2.91. The maximum atomic E-state index is 9.15. The fourth-order valence-corrected chi connectivity index (χ4v) is 2.80. The molecule has 0 spiro atoms. The molecule has 0 N–H and O–H groups in total. The number of hydrogen-bond donors (Lipinski definition) is 0. The zero-order chi connectivity index (χ0) is 13.1. The largest absolute Gasteiger partial charge is 0.246 e. The molecule has 0 atom stereocenters. The fraction of sp³-hybridized carbons (Fsp3) is 0.200. The molecule has 0 aliphatic heterocycles. The Kier molecular flexibility index (Phi) is 3.69. The van der Waals surface area contributed by atoms with Crippen LogP contribution in [0.15, 0.2) is 40.3 Å². The molecular formula is C15H14N2S. The summed E-state index contributed by atoms with van der Waals surface area (Å²) < 4.78 is 0. The summed E-state index contributed by atoms with van der Waals surface area (Å²) in [5, 5.41) is 10.1. The van der Waals surface area contributed by atoms with E-state index in [1.54, 1.807) is 11.8 Å². The molecule has 0 bridgehead atoms. The van der Waals surface area contributed by atoms with Gasteiger partial charge >= 0.3 is 0 Å². The first-order valence-corrected chi connectivity index (χ1v) is 6.54. The number of nitriles is 1. The number of rotatable bonds is 2. The summed E-state index contributed by atoms with van der Waals surface area (Å²) in [7, 11) is 0. The van der Waals surface area contributed by atoms with E-state index in [1.165, 1.54) is 5.56 Å². The highest BCUT2D eigenvalue weighted by Gasteiger charge is 2.06. The van der Waals surface area contributed by atoms with Crippen molar-refractivity contribution in [2.45, 2.75) is 30.7 Å². The van der Waals surface area contributed by atoms with Gasteiger partial charge < -0.3 is 0 Å². The summed E-state index contributed by atoms with van der Waals surface area (Å²) in [6, 6.07) is 12.2. The van der Waals surface area contributed by atoms with Crippen LogP contribution in [0, 0.1) is 32.1 Å². The van der Waals surface area contributed by atoms with E-state index in [0.717, 1.165) is 21.2 Å². The zero-order valence-corrected chi connectivity index (χ0v) is 11.5. The molecule has 90 valence electrons. The standard InChI is InChI=1S/C15H14N2S/c1-10-4-5-14(13(7-10)9-16)18-15-8-11(2)6-12(3)17-15/h4-8H,1-3H3. The lowest BCUT2D eigenvalue weighted by molar-refractivity contribution is 1.05. The number of aryl methyl sites for hydroxylation is 3. The van der Waals surface area contributed by atoms with Crippen molar-refractivity contribution >= 4 is 11.8 Å². The van der Waals surface area contributed by atoms with Gasteiger partial charge in [-0.05, 0) is 56.2 Å². The molecule has 0 unspecified atom stereocenters. The van der Waals surface area contributed by atoms with Gasteiger partial charge in [-0.2, -0.15) is 5.26 Å². The number of nitrogens with zero attached hydrogens (tertiary/aromatic N) is 2. The Labute approximate surface area is 112 Å². The Bertz CT molecular complexity index is 607. The van der Waals surface area contributed by atoms with Crippen molar-refractivity contribution in [3.63, 3.8) is 0 Å². The molecule has 2 nitrogen and oxygen atoms in total. The van der Waals surface area contributed by atoms with Crippen LogP contribution in [-0.4, -0.2) is 4.98 Å². The van der Waals surface area contributed by atoms with Crippen molar-refractivity contribution in [1.29, 1.82) is 5.26 Å². The van der Waals surface area contributed by atoms with Crippen LogP contribution in [0.2, 0.25) is 0 Å². The summed E-state index contributed by atoms with van der Waals surface area (Å²) >= 11 is 1.54. The van der Waals surface area contributed by atoms with Crippen LogP contribution in [-0.2, 0) is 0 Å². The lowest BCUT2D eigenvalue weighted by Gasteiger charge is -2.06. The Morgan fingerprint density at radius 3 is 2.50 bits per heavy atom. The molecule has 1 aromatic heterocycles. The molecule has 0 radical (unpaired) electrons. The van der Waals surface area contributed by atoms with E-state index in [1.807, 2.05) is 44.2 Å². The van der Waals surface area contributed by atoms with E-state index in [-0.39, 0.29) is 0 Å². The van der Waals surface area contributed by atoms with E-state index in [2.05, 4.69) is 18.0 Å². The molecule has 0 amide bonds. The number of benzene rings is 1. The van der Waals surface area contributed by atoms with Gasteiger partial charge in [-0.15, -0.1) is 0 Å². The summed E-state index contributed by atoms with van der Waals surface area (Å²) in [5.41, 5.74) is 4.00. The Morgan fingerprint density at radius 1 is 1.06 bits per heavy atom. The van der Waals surface area contributed by atoms with Crippen LogP contribution in [0.3, 0.4) is 0 Å². The maximum Gasteiger partial charge on any atom is 0.101 e. The molecule has 0 aliphatic rings. The molecule has 2 rings (SSSR count). The third-order valence-corrected chi connectivity index (χ3v) is 3.54. The first-order chi connectivity index (χ1) is 8.58. The average molecular weight is 254 g/mol. The van der Waals surface area contributed by atoms with E-state index < -0.39 is 0 Å². The molecule has 1 aromatic carbocycles. The van der Waals surface area contributed by atoms with Gasteiger partial charge in [0.05, 0.1) is 5.56 Å². The minimum atomic E-state index is 0.709. The van der Waals surface area contributed by atoms with Gasteiger partial charge in [0.2, 0.25) is 0 Å². The molecule has 1 heterocycles. The van der Waals surface area contributed by atoms with Gasteiger partial charge in [0.1, 0.15) is 11.1 Å². The van der Waals surface area contributed by atoms with Crippen molar-refractivity contribution in [2.75, 3.05) is 0 Å². The van der Waals surface area contributed by atoms with Gasteiger partial charge in [-0.1, -0.05) is 17.8 Å². The van der Waals surface area contributed by atoms with Crippen molar-refractivity contribution < 1.29 is 0 Å². The molecule has 2 aromatic rings. The highest BCUT2D eigenvalue weighted by atomic mass is 32.2. The molecule has 0 saturated heterocycles. The van der Waals surface area contributed by atoms with Gasteiger partial charge in [0.25, 0.3) is 0 Å². The van der Waals surface area contributed by atoms with E-state index in [0.29, 0.717) is 5.56 Å². The lowest BCUT2D eigenvalue weighted by atomic mass is 10.2. The minimum Gasteiger partial charge on any atom is -0.246 e. The first-order valence-electron chi connectivity index (χ1n) is 5.72. The topological polar surface area (TPSA) is 36.7 Å². The highest BCUT2D eigenvalue weighted by molar-refractivity contribution is 7.99. The lowest BCUT2D eigenvalue weighted by Crippen LogP contribution is -1.88. The summed E-state index contributed by atoms with van der Waals surface area (Å²) in [4.78, 5) is 5.44. The van der Waals surface area contributed by atoms with Crippen LogP contribution in [0.1, 0.15) is 22.4 Å². The minimum absolute atomic E-state index is 0.709. The van der Waals surface area contributed by atoms with Crippen molar-refractivity contribution in [1.82, 2.24) is 4.98 Å². The molecule has 0 saturated carbocycles. The molecular weight excluding hydrogens is 240 g/mol. The second-order valence-electron chi connectivity index (χ2n) is 4.34. The van der Waals surface area contributed by atoms with Crippen LogP contribution in [0.25, 0.3) is 0 Å². The zero-order valence-electron chi connectivity index (χ0n) is 10.7. The van der Waals surface area contributed by atoms with E-state index >= 15 is 0 Å². The van der Waals surface area contributed by atoms with Crippen LogP contribution >= 0.6 is 11.8 Å². The predicted molar refractivity (Wildman–Crippen MR) is 73.7 cm³/mol. The van der Waals surface area contributed by atoms with Gasteiger partial charge in [-0.25, -0.2) is 4.98 Å². The quantitative estimate of drug-likeness (QED) is 0.812. The highest BCUT2D eigenvalue weighted by Crippen LogP contribution is 2.30. The Morgan fingerprint density at radius 2 is 1.83 bits per heavy atom. The smallest absolute Gasteiger partial charge is 0.101 e. The number of aromatic nitrogens is 1. The summed E-state index contributed by atoms with van der Waals surface area (Å²) in [5.74, 6) is 0. The molecule has 0 aliphatic carbocycles. The van der Waals surface area contributed by atoms with Crippen molar-refractivity contribution in [3.8, 4) is 6.07 Å². The number of pyridine rings is 1. The van der Waals surface area contributed by atoms with Crippen LogP contribution in [0.4, 0.5) is 0 Å². The molecule has 0 fully saturated rings. The summed E-state index contributed by atoms with van der Waals surface area (Å²) in [6.45, 7) is 6.03. The van der Waals surface area contributed by atoms with Gasteiger partial charge in [0, 0.05) is 10.6 Å².